The number of carbonyl (C=O) groups excluding carboxylic acids is 1. The average Bonchev–Trinajstić information content (AvgIpc) is 2.55. The highest BCUT2D eigenvalue weighted by molar-refractivity contribution is 5.94. The van der Waals surface area contributed by atoms with E-state index in [0.29, 0.717) is 12.1 Å². The van der Waals surface area contributed by atoms with Crippen LogP contribution in [0.2, 0.25) is 0 Å². The Morgan fingerprint density at radius 2 is 1.65 bits per heavy atom. The summed E-state index contributed by atoms with van der Waals surface area (Å²) >= 11 is 0. The molecule has 1 unspecified atom stereocenters. The molecule has 2 aromatic carbocycles. The Kier molecular flexibility index (Phi) is 5.77. The molecule has 0 spiro atoms. The van der Waals surface area contributed by atoms with E-state index in [9.17, 15) is 4.79 Å². The molecule has 23 heavy (non-hydrogen) atoms. The van der Waals surface area contributed by atoms with Gasteiger partial charge in [0.25, 0.3) is 5.91 Å². The van der Waals surface area contributed by atoms with E-state index in [1.54, 1.807) is 12.1 Å². The second-order valence-electron chi connectivity index (χ2n) is 5.83. The van der Waals surface area contributed by atoms with Gasteiger partial charge in [0.05, 0.1) is 12.1 Å². The van der Waals surface area contributed by atoms with Crippen molar-refractivity contribution in [2.75, 3.05) is 0 Å². The van der Waals surface area contributed by atoms with Gasteiger partial charge in [-0.05, 0) is 56.2 Å². The van der Waals surface area contributed by atoms with Crippen molar-refractivity contribution in [3.8, 4) is 5.75 Å². The number of carbonyl (C=O) groups is 1. The van der Waals surface area contributed by atoms with Gasteiger partial charge in [0.2, 0.25) is 0 Å². The summed E-state index contributed by atoms with van der Waals surface area (Å²) in [7, 11) is 0. The second kappa shape index (κ2) is 7.79. The van der Waals surface area contributed by atoms with Crippen LogP contribution in [0.15, 0.2) is 48.5 Å². The van der Waals surface area contributed by atoms with Gasteiger partial charge in [0.15, 0.2) is 0 Å². The number of benzene rings is 2. The minimum Gasteiger partial charge on any atom is -0.491 e. The number of amides is 1. The molecule has 0 bridgehead atoms. The molecule has 0 saturated carbocycles. The fourth-order valence-electron chi connectivity index (χ4n) is 2.26. The van der Waals surface area contributed by atoms with Crippen LogP contribution in [-0.4, -0.2) is 12.0 Å². The van der Waals surface area contributed by atoms with Crippen molar-refractivity contribution in [3.05, 3.63) is 65.2 Å². The molecule has 0 aromatic heterocycles. The molecular formula is C19H24N2O2. The van der Waals surface area contributed by atoms with Gasteiger partial charge in [0.1, 0.15) is 5.75 Å². The first kappa shape index (κ1) is 17.0. The minimum absolute atomic E-state index is 0.0789. The van der Waals surface area contributed by atoms with Crippen LogP contribution in [-0.2, 0) is 6.54 Å². The third kappa shape index (κ3) is 4.83. The quantitative estimate of drug-likeness (QED) is 0.859. The molecule has 2 rings (SSSR count). The lowest BCUT2D eigenvalue weighted by atomic mass is 10.1. The van der Waals surface area contributed by atoms with E-state index < -0.39 is 0 Å². The highest BCUT2D eigenvalue weighted by Crippen LogP contribution is 2.19. The van der Waals surface area contributed by atoms with E-state index in [2.05, 4.69) is 5.32 Å². The summed E-state index contributed by atoms with van der Waals surface area (Å²) in [5, 5.41) is 3.00. The molecular weight excluding hydrogens is 288 g/mol. The molecule has 0 heterocycles. The molecule has 4 heteroatoms. The first-order valence-corrected chi connectivity index (χ1v) is 7.86. The van der Waals surface area contributed by atoms with Crippen molar-refractivity contribution in [2.24, 2.45) is 5.73 Å². The van der Waals surface area contributed by atoms with Gasteiger partial charge < -0.3 is 15.8 Å². The molecule has 0 aliphatic heterocycles. The van der Waals surface area contributed by atoms with Crippen LogP contribution in [0.4, 0.5) is 0 Å². The SMILES string of the molecule is CC(C)Oc1ccc(C(C)NC(=O)c2ccc(CN)cc2)cc1. The summed E-state index contributed by atoms with van der Waals surface area (Å²) in [6.07, 6.45) is 0.148. The maximum absolute atomic E-state index is 12.3. The Balaban J connectivity index is 1.99. The monoisotopic (exact) mass is 312 g/mol. The molecule has 2 aromatic rings. The largest absolute Gasteiger partial charge is 0.491 e. The van der Waals surface area contributed by atoms with Crippen LogP contribution in [0, 0.1) is 0 Å². The molecule has 0 aliphatic carbocycles. The Morgan fingerprint density at radius 1 is 1.04 bits per heavy atom. The maximum atomic E-state index is 12.3. The van der Waals surface area contributed by atoms with E-state index in [-0.39, 0.29) is 18.1 Å². The first-order chi connectivity index (χ1) is 11.0. The van der Waals surface area contributed by atoms with Crippen LogP contribution in [0.25, 0.3) is 0 Å². The molecule has 0 aliphatic rings. The zero-order valence-electron chi connectivity index (χ0n) is 13.9. The zero-order valence-corrected chi connectivity index (χ0v) is 13.9. The number of nitrogens with one attached hydrogen (secondary N) is 1. The molecule has 1 amide bonds. The average molecular weight is 312 g/mol. The molecule has 1 atom stereocenters. The summed E-state index contributed by atoms with van der Waals surface area (Å²) in [4.78, 5) is 12.3. The Labute approximate surface area is 137 Å². The van der Waals surface area contributed by atoms with E-state index >= 15 is 0 Å². The van der Waals surface area contributed by atoms with Crippen molar-refractivity contribution in [1.29, 1.82) is 0 Å². The third-order valence-electron chi connectivity index (χ3n) is 3.55. The molecule has 3 N–H and O–H groups in total. The van der Waals surface area contributed by atoms with Gasteiger partial charge in [-0.15, -0.1) is 0 Å². The molecule has 0 radical (unpaired) electrons. The predicted octanol–water partition coefficient (Wildman–Crippen LogP) is 3.42. The zero-order chi connectivity index (χ0) is 16.8. The number of hydrogen-bond donors (Lipinski definition) is 2. The highest BCUT2D eigenvalue weighted by Gasteiger charge is 2.11. The normalized spacial score (nSPS) is 12.0. The van der Waals surface area contributed by atoms with Gasteiger partial charge in [0, 0.05) is 12.1 Å². The van der Waals surface area contributed by atoms with Gasteiger partial charge >= 0.3 is 0 Å². The Hall–Kier alpha value is -2.33. The van der Waals surface area contributed by atoms with Gasteiger partial charge in [-0.3, -0.25) is 4.79 Å². The first-order valence-electron chi connectivity index (χ1n) is 7.86. The summed E-state index contributed by atoms with van der Waals surface area (Å²) in [6.45, 7) is 6.42. The third-order valence-corrected chi connectivity index (χ3v) is 3.55. The second-order valence-corrected chi connectivity index (χ2v) is 5.83. The van der Waals surface area contributed by atoms with Gasteiger partial charge in [-0.25, -0.2) is 0 Å². The minimum atomic E-state index is -0.0939. The van der Waals surface area contributed by atoms with Crippen LogP contribution < -0.4 is 15.8 Å². The van der Waals surface area contributed by atoms with Crippen molar-refractivity contribution < 1.29 is 9.53 Å². The lowest BCUT2D eigenvalue weighted by Gasteiger charge is -2.16. The van der Waals surface area contributed by atoms with Crippen LogP contribution in [0.1, 0.15) is 48.3 Å². The smallest absolute Gasteiger partial charge is 0.251 e. The standard InChI is InChI=1S/C19H24N2O2/c1-13(2)23-18-10-8-16(9-11-18)14(3)21-19(22)17-6-4-15(12-20)5-7-17/h4-11,13-14H,12,20H2,1-3H3,(H,21,22). The van der Waals surface area contributed by atoms with E-state index in [1.807, 2.05) is 57.2 Å². The predicted molar refractivity (Wildman–Crippen MR) is 92.4 cm³/mol. The van der Waals surface area contributed by atoms with Crippen molar-refractivity contribution in [1.82, 2.24) is 5.32 Å². The summed E-state index contributed by atoms with van der Waals surface area (Å²) in [5.74, 6) is 0.739. The molecule has 0 saturated heterocycles. The Bertz CT molecular complexity index is 633. The fourth-order valence-corrected chi connectivity index (χ4v) is 2.26. The lowest BCUT2D eigenvalue weighted by Crippen LogP contribution is -2.26. The van der Waals surface area contributed by atoms with E-state index in [1.165, 1.54) is 0 Å². The maximum Gasteiger partial charge on any atom is 0.251 e. The van der Waals surface area contributed by atoms with Crippen LogP contribution >= 0.6 is 0 Å². The summed E-state index contributed by atoms with van der Waals surface area (Å²) in [5.41, 5.74) is 8.24. The summed E-state index contributed by atoms with van der Waals surface area (Å²) in [6, 6.07) is 15.1. The van der Waals surface area contributed by atoms with Gasteiger partial charge in [-0.1, -0.05) is 24.3 Å². The fraction of sp³-hybridized carbons (Fsp3) is 0.316. The number of nitrogens with two attached hydrogens (primary N) is 1. The molecule has 122 valence electrons. The molecule has 0 fully saturated rings. The van der Waals surface area contributed by atoms with Gasteiger partial charge in [-0.2, -0.15) is 0 Å². The number of rotatable bonds is 6. The van der Waals surface area contributed by atoms with E-state index in [0.717, 1.165) is 16.9 Å². The van der Waals surface area contributed by atoms with Crippen molar-refractivity contribution in [3.63, 3.8) is 0 Å². The lowest BCUT2D eigenvalue weighted by molar-refractivity contribution is 0.0940. The van der Waals surface area contributed by atoms with Crippen molar-refractivity contribution in [2.45, 2.75) is 39.5 Å². The number of hydrogen-bond acceptors (Lipinski definition) is 3. The summed E-state index contributed by atoms with van der Waals surface area (Å²) < 4.78 is 5.62. The van der Waals surface area contributed by atoms with Crippen molar-refractivity contribution >= 4 is 5.91 Å². The van der Waals surface area contributed by atoms with Crippen LogP contribution in [0.5, 0.6) is 5.75 Å². The van der Waals surface area contributed by atoms with E-state index in [4.69, 9.17) is 10.5 Å². The number of ether oxygens (including phenoxy) is 1. The Morgan fingerprint density at radius 3 is 2.17 bits per heavy atom. The highest BCUT2D eigenvalue weighted by atomic mass is 16.5. The topological polar surface area (TPSA) is 64.3 Å². The molecule has 4 nitrogen and oxygen atoms in total. The van der Waals surface area contributed by atoms with Crippen LogP contribution in [0.3, 0.4) is 0 Å².